The predicted octanol–water partition coefficient (Wildman–Crippen LogP) is 4.02. The lowest BCUT2D eigenvalue weighted by Gasteiger charge is -2.62. The van der Waals surface area contributed by atoms with E-state index in [-0.39, 0.29) is 10.8 Å². The Balaban J connectivity index is 1.77. The molecule has 0 aromatic rings. The van der Waals surface area contributed by atoms with Crippen molar-refractivity contribution in [3.63, 3.8) is 0 Å². The lowest BCUT2D eigenvalue weighted by Crippen LogP contribution is -2.62. The van der Waals surface area contributed by atoms with Gasteiger partial charge in [0.2, 0.25) is 0 Å². The summed E-state index contributed by atoms with van der Waals surface area (Å²) in [4.78, 5) is 12.4. The zero-order valence-electron chi connectivity index (χ0n) is 13.5. The van der Waals surface area contributed by atoms with Crippen LogP contribution in [0.1, 0.15) is 71.6 Å². The van der Waals surface area contributed by atoms with Crippen molar-refractivity contribution in [2.45, 2.75) is 77.2 Å². The summed E-state index contributed by atoms with van der Waals surface area (Å²) in [5.41, 5.74) is 0.789. The van der Waals surface area contributed by atoms with E-state index in [2.05, 4.69) is 19.9 Å². The summed E-state index contributed by atoms with van der Waals surface area (Å²) in [6.45, 7) is 4.49. The van der Waals surface area contributed by atoms with Gasteiger partial charge in [0.1, 0.15) is 5.78 Å². The summed E-state index contributed by atoms with van der Waals surface area (Å²) >= 11 is 0. The number of ketones is 1. The van der Waals surface area contributed by atoms with Crippen LogP contribution in [0, 0.1) is 22.7 Å². The highest BCUT2D eigenvalue weighted by molar-refractivity contribution is 5.87. The number of fused-ring (bicyclic) bond motifs is 5. The molecule has 0 unspecified atom stereocenters. The topological polar surface area (TPSA) is 37.3 Å². The smallest absolute Gasteiger partial charge is 0.139 e. The molecule has 4 aliphatic rings. The Morgan fingerprint density at radius 2 is 1.86 bits per heavy atom. The SMILES string of the molecule is C[C@]12CCCC=C1CC[C@H]1[C@@H]3CCC(=O)[C@@]3(C)CC[C@@]12O. The summed E-state index contributed by atoms with van der Waals surface area (Å²) in [5.74, 6) is 1.22. The number of hydrogen-bond acceptors (Lipinski definition) is 2. The zero-order chi connectivity index (χ0) is 14.9. The number of carbonyl (C=O) groups is 1. The third kappa shape index (κ3) is 1.55. The molecule has 2 nitrogen and oxygen atoms in total. The zero-order valence-corrected chi connectivity index (χ0v) is 13.5. The fraction of sp³-hybridized carbons (Fsp3) is 0.842. The fourth-order valence-corrected chi connectivity index (χ4v) is 6.46. The lowest BCUT2D eigenvalue weighted by molar-refractivity contribution is -0.188. The number of aliphatic hydroxyl groups is 1. The molecule has 0 bridgehead atoms. The van der Waals surface area contributed by atoms with Crippen molar-refractivity contribution >= 4 is 5.78 Å². The van der Waals surface area contributed by atoms with Crippen LogP contribution in [0.2, 0.25) is 0 Å². The van der Waals surface area contributed by atoms with Gasteiger partial charge in [-0.15, -0.1) is 0 Å². The van der Waals surface area contributed by atoms with Crippen molar-refractivity contribution < 1.29 is 9.90 Å². The molecule has 0 radical (unpaired) electrons. The average Bonchev–Trinajstić information content (AvgIpc) is 2.76. The first-order valence-corrected chi connectivity index (χ1v) is 8.87. The van der Waals surface area contributed by atoms with Crippen LogP contribution >= 0.6 is 0 Å². The van der Waals surface area contributed by atoms with Crippen molar-refractivity contribution in [1.82, 2.24) is 0 Å². The van der Waals surface area contributed by atoms with E-state index in [9.17, 15) is 9.90 Å². The molecule has 0 spiro atoms. The monoisotopic (exact) mass is 288 g/mol. The molecule has 21 heavy (non-hydrogen) atoms. The molecule has 116 valence electrons. The van der Waals surface area contributed by atoms with E-state index in [1.807, 2.05) is 0 Å². The highest BCUT2D eigenvalue weighted by Crippen LogP contribution is 2.66. The van der Waals surface area contributed by atoms with Crippen LogP contribution in [0.5, 0.6) is 0 Å². The molecular weight excluding hydrogens is 260 g/mol. The molecule has 4 rings (SSSR count). The van der Waals surface area contributed by atoms with E-state index in [1.165, 1.54) is 18.4 Å². The molecule has 0 aromatic heterocycles. The maximum Gasteiger partial charge on any atom is 0.139 e. The molecule has 0 amide bonds. The van der Waals surface area contributed by atoms with E-state index in [4.69, 9.17) is 0 Å². The molecule has 0 saturated heterocycles. The Bertz CT molecular complexity index is 522. The van der Waals surface area contributed by atoms with Gasteiger partial charge < -0.3 is 5.11 Å². The number of carbonyl (C=O) groups excluding carboxylic acids is 1. The van der Waals surface area contributed by atoms with Crippen molar-refractivity contribution in [2.75, 3.05) is 0 Å². The first kappa shape index (κ1) is 14.0. The molecule has 3 fully saturated rings. The van der Waals surface area contributed by atoms with Gasteiger partial charge in [-0.1, -0.05) is 25.5 Å². The highest BCUT2D eigenvalue weighted by Gasteiger charge is 2.65. The molecule has 0 aliphatic heterocycles. The standard InChI is InChI=1S/C19H28O2/c1-17-11-12-19(21)15(14(17)8-9-16(17)20)7-6-13-5-3-4-10-18(13,19)2/h5,14-15,21H,3-4,6-12H2,1-2H3/t14-,15-,17-,18-,19+/m0/s1. The summed E-state index contributed by atoms with van der Waals surface area (Å²) < 4.78 is 0. The van der Waals surface area contributed by atoms with Crippen LogP contribution in [0.25, 0.3) is 0 Å². The summed E-state index contributed by atoms with van der Waals surface area (Å²) in [7, 11) is 0. The molecule has 3 saturated carbocycles. The summed E-state index contributed by atoms with van der Waals surface area (Å²) in [6, 6.07) is 0. The fourth-order valence-electron chi connectivity index (χ4n) is 6.46. The predicted molar refractivity (Wildman–Crippen MR) is 82.8 cm³/mol. The lowest BCUT2D eigenvalue weighted by atomic mass is 9.45. The normalized spacial score (nSPS) is 52.7. The van der Waals surface area contributed by atoms with E-state index in [1.54, 1.807) is 0 Å². The minimum Gasteiger partial charge on any atom is -0.389 e. The third-order valence-electron chi connectivity index (χ3n) is 7.92. The second-order valence-electron chi connectivity index (χ2n) is 8.51. The Hall–Kier alpha value is -0.630. The van der Waals surface area contributed by atoms with E-state index in [0.29, 0.717) is 17.6 Å². The molecule has 4 aliphatic carbocycles. The number of hydrogen-bond donors (Lipinski definition) is 1. The second kappa shape index (κ2) is 4.22. The van der Waals surface area contributed by atoms with Gasteiger partial charge in [-0.3, -0.25) is 4.79 Å². The average molecular weight is 288 g/mol. The van der Waals surface area contributed by atoms with Crippen molar-refractivity contribution in [2.24, 2.45) is 22.7 Å². The molecular formula is C19H28O2. The van der Waals surface area contributed by atoms with Crippen molar-refractivity contribution in [1.29, 1.82) is 0 Å². The summed E-state index contributed by atoms with van der Waals surface area (Å²) in [6.07, 6.45) is 11.6. The van der Waals surface area contributed by atoms with Crippen molar-refractivity contribution in [3.05, 3.63) is 11.6 Å². The Labute approximate surface area is 128 Å². The minimum atomic E-state index is -0.563. The number of rotatable bonds is 0. The third-order valence-corrected chi connectivity index (χ3v) is 7.92. The maximum absolute atomic E-state index is 12.4. The molecule has 2 heteroatoms. The first-order chi connectivity index (χ1) is 9.92. The molecule has 0 heterocycles. The minimum absolute atomic E-state index is 0.0267. The Morgan fingerprint density at radius 3 is 2.67 bits per heavy atom. The van der Waals surface area contributed by atoms with Crippen LogP contribution in [0.3, 0.4) is 0 Å². The number of allylic oxidation sites excluding steroid dienone is 1. The van der Waals surface area contributed by atoms with E-state index in [0.717, 1.165) is 44.9 Å². The largest absolute Gasteiger partial charge is 0.389 e. The highest BCUT2D eigenvalue weighted by atomic mass is 16.3. The van der Waals surface area contributed by atoms with Gasteiger partial charge >= 0.3 is 0 Å². The quantitative estimate of drug-likeness (QED) is 0.683. The van der Waals surface area contributed by atoms with Gasteiger partial charge in [-0.25, -0.2) is 0 Å². The van der Waals surface area contributed by atoms with Crippen LogP contribution in [-0.4, -0.2) is 16.5 Å². The van der Waals surface area contributed by atoms with E-state index < -0.39 is 5.60 Å². The van der Waals surface area contributed by atoms with Crippen LogP contribution < -0.4 is 0 Å². The van der Waals surface area contributed by atoms with Gasteiger partial charge in [-0.05, 0) is 63.2 Å². The Kier molecular flexibility index (Phi) is 2.81. The van der Waals surface area contributed by atoms with Crippen LogP contribution in [0.4, 0.5) is 0 Å². The van der Waals surface area contributed by atoms with Crippen molar-refractivity contribution in [3.8, 4) is 0 Å². The number of Topliss-reactive ketones (excluding diaryl/α,β-unsaturated/α-hetero) is 1. The summed E-state index contributed by atoms with van der Waals surface area (Å²) in [5, 5.41) is 11.7. The van der Waals surface area contributed by atoms with Gasteiger partial charge in [-0.2, -0.15) is 0 Å². The van der Waals surface area contributed by atoms with Gasteiger partial charge in [0.05, 0.1) is 5.60 Å². The van der Waals surface area contributed by atoms with Gasteiger partial charge in [0.25, 0.3) is 0 Å². The van der Waals surface area contributed by atoms with Crippen LogP contribution in [0.15, 0.2) is 11.6 Å². The van der Waals surface area contributed by atoms with E-state index >= 15 is 0 Å². The van der Waals surface area contributed by atoms with Gasteiger partial charge in [0, 0.05) is 17.3 Å². The van der Waals surface area contributed by atoms with Gasteiger partial charge in [0.15, 0.2) is 0 Å². The second-order valence-corrected chi connectivity index (χ2v) is 8.51. The first-order valence-electron chi connectivity index (χ1n) is 8.87. The molecule has 0 aromatic carbocycles. The Morgan fingerprint density at radius 1 is 1.10 bits per heavy atom. The van der Waals surface area contributed by atoms with Crippen LogP contribution in [-0.2, 0) is 4.79 Å². The maximum atomic E-state index is 12.4. The molecule has 5 atom stereocenters. The molecule has 1 N–H and O–H groups in total.